The predicted octanol–water partition coefficient (Wildman–Crippen LogP) is 7.85. The van der Waals surface area contributed by atoms with Gasteiger partial charge in [0.25, 0.3) is 11.8 Å². The van der Waals surface area contributed by atoms with E-state index in [1.165, 1.54) is 48.0 Å². The summed E-state index contributed by atoms with van der Waals surface area (Å²) < 4.78 is 89.0. The van der Waals surface area contributed by atoms with Crippen molar-refractivity contribution in [2.24, 2.45) is 0 Å². The van der Waals surface area contributed by atoms with E-state index in [4.69, 9.17) is 28.7 Å². The molecule has 6 nitrogen and oxygen atoms in total. The standard InChI is InChI=1S/C16H20F3NO2S2.C13H15ClF3NO.C3H5OS.CH4.K.S4.H2S/c1-6-22-14(23)24-20(15(3,4)5)13(21)11-7-10(2)8-12(9-11)16(17,18)19;1-8-5-9(7-10(6-8)13(15,16)17)11(19)18(14)12(2,3)4;1-2-4-3-5;;;1-3-4-2;/h7-9H,6H2,1-5H3;5-7H,1-4H3;2H2,1H3;1H4;;;1H2/q;;-1;;+1;;/p-1. The molecule has 0 radical (unpaired) electrons. The van der Waals surface area contributed by atoms with Crippen LogP contribution in [-0.4, -0.2) is 54.8 Å². The summed E-state index contributed by atoms with van der Waals surface area (Å²) in [5.41, 5.74) is -0.334. The Morgan fingerprint density at radius 2 is 1.15 bits per heavy atom. The van der Waals surface area contributed by atoms with Gasteiger partial charge in [-0.25, -0.2) is 9.97 Å². The van der Waals surface area contributed by atoms with Gasteiger partial charge in [-0.1, -0.05) is 7.43 Å². The van der Waals surface area contributed by atoms with Gasteiger partial charge in [-0.2, -0.15) is 26.3 Å². The molecule has 2 rings (SSSR count). The molecule has 0 atom stereocenters. The number of benzene rings is 2. The Labute approximate surface area is 407 Å². The molecule has 0 aliphatic carbocycles. The molecule has 0 aliphatic rings. The predicted molar refractivity (Wildman–Crippen MR) is 231 cm³/mol. The van der Waals surface area contributed by atoms with Crippen molar-refractivity contribution in [1.82, 2.24) is 8.72 Å². The first-order valence-corrected chi connectivity index (χ1v) is 20.7. The molecule has 0 aromatic heterocycles. The molecule has 0 fully saturated rings. The molecule has 0 spiro atoms. The zero-order valence-electron chi connectivity index (χ0n) is 31.4. The maximum absolute atomic E-state index is 13.0. The van der Waals surface area contributed by atoms with Crippen LogP contribution in [0.5, 0.6) is 0 Å². The molecule has 2 amide bonds. The Morgan fingerprint density at radius 3 is 1.40 bits per heavy atom. The summed E-state index contributed by atoms with van der Waals surface area (Å²) in [5, 5.41) is 0. The number of amides is 2. The summed E-state index contributed by atoms with van der Waals surface area (Å²) in [6.45, 7) is 18.0. The van der Waals surface area contributed by atoms with Crippen LogP contribution in [0.25, 0.3) is 0 Å². The number of ether oxygens (including phenoxy) is 2. The van der Waals surface area contributed by atoms with Crippen molar-refractivity contribution in [3.8, 4) is 0 Å². The average molecular weight is 979 g/mol. The average Bonchev–Trinajstić information content (AvgIpc) is 3.01. The number of hydrogen-bond donors (Lipinski definition) is 0. The van der Waals surface area contributed by atoms with Crippen LogP contribution >= 0.6 is 48.2 Å². The zero-order valence-corrected chi connectivity index (χ0v) is 41.8. The quantitative estimate of drug-likeness (QED) is 0.0433. The van der Waals surface area contributed by atoms with Crippen LogP contribution in [-0.2, 0) is 75.5 Å². The summed E-state index contributed by atoms with van der Waals surface area (Å²) in [4.78, 5) is 24.8. The molecule has 0 aliphatic heterocycles. The number of carbonyl (C=O) groups excluding carboxylic acids is 2. The van der Waals surface area contributed by atoms with Gasteiger partial charge in [-0.3, -0.25) is 13.9 Å². The van der Waals surface area contributed by atoms with Gasteiger partial charge in [0.05, 0.1) is 23.3 Å². The molecule has 310 valence electrons. The van der Waals surface area contributed by atoms with E-state index < -0.39 is 46.4 Å². The van der Waals surface area contributed by atoms with Crippen molar-refractivity contribution in [3.05, 3.63) is 69.8 Å². The summed E-state index contributed by atoms with van der Waals surface area (Å²) >= 11 is 24.7. The molecule has 0 N–H and O–H groups in total. The largest absolute Gasteiger partial charge is 1.00 e. The fraction of sp³-hybridized carbons (Fsp3) is 0.515. The van der Waals surface area contributed by atoms with Crippen LogP contribution in [0.3, 0.4) is 0 Å². The van der Waals surface area contributed by atoms with E-state index >= 15 is 0 Å². The van der Waals surface area contributed by atoms with Gasteiger partial charge in [0.15, 0.2) is 0 Å². The monoisotopic (exact) mass is 977 g/mol. The van der Waals surface area contributed by atoms with Crippen molar-refractivity contribution < 1.29 is 96.8 Å². The Balaban J connectivity index is -0.000000240. The number of aryl methyl sites for hydroxylation is 2. The zero-order chi connectivity index (χ0) is 41.3. The van der Waals surface area contributed by atoms with Crippen molar-refractivity contribution in [3.63, 3.8) is 0 Å². The van der Waals surface area contributed by atoms with E-state index in [2.05, 4.69) is 44.9 Å². The number of carbonyl (C=O) groups is 2. The molecule has 55 heavy (non-hydrogen) atoms. The minimum Gasteiger partial charge on any atom is -0.813 e. The van der Waals surface area contributed by atoms with Crippen molar-refractivity contribution in [1.29, 1.82) is 0 Å². The van der Waals surface area contributed by atoms with Crippen LogP contribution in [0.4, 0.5) is 26.3 Å². The summed E-state index contributed by atoms with van der Waals surface area (Å²) in [6, 6.07) is 6.50. The maximum Gasteiger partial charge on any atom is 1.00 e. The van der Waals surface area contributed by atoms with E-state index in [-0.39, 0.29) is 87.8 Å². The Bertz CT molecular complexity index is 1590. The number of thiol groups is 1. The van der Waals surface area contributed by atoms with Crippen LogP contribution in [0, 0.1) is 13.8 Å². The number of alkyl halides is 6. The fourth-order valence-electron chi connectivity index (χ4n) is 3.44. The van der Waals surface area contributed by atoms with Crippen LogP contribution < -0.4 is 51.4 Å². The SMILES string of the molecule is C.CCOC(=S)SN(C(=O)c1cc(C)cc(C(F)(F)F)c1)C(C)(C)C.CCO[C-]=S.Cc1cc(C(=O)N(Cl)C(C)(C)C)cc(C(F)(F)F)c1.S=S=S=S.[K+].[SH-]. The summed E-state index contributed by atoms with van der Waals surface area (Å²) in [7, 11) is 2.34. The fourth-order valence-corrected chi connectivity index (χ4v) is 4.78. The molecule has 2 aromatic carbocycles. The van der Waals surface area contributed by atoms with Gasteiger partial charge in [0.2, 0.25) is 4.38 Å². The third-order valence-electron chi connectivity index (χ3n) is 5.52. The Hall–Kier alpha value is 0.246. The van der Waals surface area contributed by atoms with E-state index in [9.17, 15) is 35.9 Å². The van der Waals surface area contributed by atoms with Gasteiger partial charge >= 0.3 is 63.7 Å². The van der Waals surface area contributed by atoms with Gasteiger partial charge in [-0.05, 0) is 129 Å². The smallest absolute Gasteiger partial charge is 0.813 e. The second kappa shape index (κ2) is 30.3. The molecule has 0 saturated heterocycles. The van der Waals surface area contributed by atoms with E-state index in [0.29, 0.717) is 24.3 Å². The van der Waals surface area contributed by atoms with Crippen molar-refractivity contribution in [2.75, 3.05) is 13.2 Å². The molecule has 0 heterocycles. The third kappa shape index (κ3) is 26.9. The minimum atomic E-state index is -4.51. The third-order valence-corrected chi connectivity index (χ3v) is 10.0. The molecular weight excluding hydrogens is 933 g/mol. The molecular formula is C33H45ClF6KN2O4S8-. The molecule has 22 heteroatoms. The second-order valence-electron chi connectivity index (χ2n) is 12.1. The van der Waals surface area contributed by atoms with Crippen molar-refractivity contribution in [2.45, 2.75) is 100 Å². The number of halogens is 7. The van der Waals surface area contributed by atoms with E-state index in [1.807, 2.05) is 6.92 Å². The molecule has 0 saturated carbocycles. The van der Waals surface area contributed by atoms with Crippen LogP contribution in [0.1, 0.15) is 106 Å². The molecule has 0 bridgehead atoms. The first-order chi connectivity index (χ1) is 23.6. The number of thiocarbonyl (C=S) groups is 2. The van der Waals surface area contributed by atoms with E-state index in [1.54, 1.807) is 48.5 Å². The van der Waals surface area contributed by atoms with Gasteiger partial charge in [0.1, 0.15) is 0 Å². The van der Waals surface area contributed by atoms with Crippen molar-refractivity contribution >= 4 is 124 Å². The molecule has 0 unspecified atom stereocenters. The first kappa shape index (κ1) is 64.4. The van der Waals surface area contributed by atoms with Gasteiger partial charge in [0, 0.05) is 87.1 Å². The molecule has 2 aromatic rings. The minimum absolute atomic E-state index is 0. The van der Waals surface area contributed by atoms with Gasteiger partial charge in [-0.15, -0.1) is 0 Å². The van der Waals surface area contributed by atoms with E-state index in [0.717, 1.165) is 40.6 Å². The Kier molecular flexibility index (Phi) is 35.5. The number of hydrogen-bond acceptors (Lipinski definition) is 10. The van der Waals surface area contributed by atoms with Crippen LogP contribution in [0.2, 0.25) is 0 Å². The normalized spacial score (nSPS) is 10.5. The maximum atomic E-state index is 13.0. The van der Waals surface area contributed by atoms with Gasteiger partial charge < -0.3 is 35.2 Å². The summed E-state index contributed by atoms with van der Waals surface area (Å²) in [5.74, 6) is -1.20. The van der Waals surface area contributed by atoms with Crippen LogP contribution in [0.15, 0.2) is 36.4 Å². The number of rotatable bonds is 5. The Morgan fingerprint density at radius 1 is 0.764 bits per heavy atom. The summed E-state index contributed by atoms with van der Waals surface area (Å²) in [6.07, 6.45) is -9.00. The second-order valence-corrected chi connectivity index (χ2v) is 17.7. The first-order valence-electron chi connectivity index (χ1n) is 14.8. The topological polar surface area (TPSA) is 59.1 Å². The number of nitrogens with zero attached hydrogens (tertiary/aromatic N) is 2.